The highest BCUT2D eigenvalue weighted by Gasteiger charge is 2.11. The van der Waals surface area contributed by atoms with Gasteiger partial charge in [0, 0.05) is 12.8 Å². The maximum atomic E-state index is 12.5. The lowest BCUT2D eigenvalue weighted by Gasteiger charge is -2.14. The topological polar surface area (TPSA) is 63.6 Å². The predicted molar refractivity (Wildman–Crippen MR) is 181 cm³/mol. The molecule has 0 aromatic carbocycles. The molecule has 0 aromatic rings. The molecule has 0 saturated carbocycles. The van der Waals surface area contributed by atoms with Crippen molar-refractivity contribution in [2.24, 2.45) is 0 Å². The van der Waals surface area contributed by atoms with Crippen LogP contribution >= 0.6 is 0 Å². The smallest absolute Gasteiger partial charge is 0.306 e. The number of ether oxygens (including phenoxy) is 1. The lowest BCUT2D eigenvalue weighted by Crippen LogP contribution is -2.16. The van der Waals surface area contributed by atoms with Crippen LogP contribution in [0.5, 0.6) is 0 Å². The number of aliphatic carboxylic acids is 1. The van der Waals surface area contributed by atoms with E-state index in [9.17, 15) is 9.59 Å². The van der Waals surface area contributed by atoms with Gasteiger partial charge in [-0.05, 0) is 83.1 Å². The summed E-state index contributed by atoms with van der Waals surface area (Å²) < 4.78 is 5.80. The van der Waals surface area contributed by atoms with E-state index in [2.05, 4.69) is 68.5 Å². The fourth-order valence-corrected chi connectivity index (χ4v) is 4.67. The normalized spacial score (nSPS) is 13.0. The molecule has 0 bridgehead atoms. The minimum absolute atomic E-state index is 0.120. The third-order valence-corrected chi connectivity index (χ3v) is 7.21. The van der Waals surface area contributed by atoms with Crippen molar-refractivity contribution in [3.05, 3.63) is 60.8 Å². The van der Waals surface area contributed by atoms with Crippen LogP contribution in [0.15, 0.2) is 60.8 Å². The minimum atomic E-state index is -0.753. The molecule has 240 valence electrons. The molecule has 1 N–H and O–H groups in total. The molecule has 0 aromatic heterocycles. The predicted octanol–water partition coefficient (Wildman–Crippen LogP) is 11.8. The van der Waals surface area contributed by atoms with Gasteiger partial charge in [-0.2, -0.15) is 0 Å². The first-order valence-electron chi connectivity index (χ1n) is 17.3. The van der Waals surface area contributed by atoms with Gasteiger partial charge in [-0.1, -0.05) is 126 Å². The van der Waals surface area contributed by atoms with Crippen molar-refractivity contribution in [1.82, 2.24) is 0 Å². The van der Waals surface area contributed by atoms with Gasteiger partial charge in [0.1, 0.15) is 6.10 Å². The molecule has 0 spiro atoms. The van der Waals surface area contributed by atoms with Crippen LogP contribution in [0, 0.1) is 0 Å². The number of carbonyl (C=O) groups is 2. The lowest BCUT2D eigenvalue weighted by molar-refractivity contribution is -0.147. The van der Waals surface area contributed by atoms with Gasteiger partial charge in [0.05, 0.1) is 0 Å². The summed E-state index contributed by atoms with van der Waals surface area (Å²) >= 11 is 0. The summed E-state index contributed by atoms with van der Waals surface area (Å²) in [5, 5.41) is 8.84. The zero-order valence-electron chi connectivity index (χ0n) is 27.3. The molecule has 0 aliphatic carbocycles. The van der Waals surface area contributed by atoms with Crippen LogP contribution in [-0.2, 0) is 14.3 Å². The van der Waals surface area contributed by atoms with E-state index in [0.717, 1.165) is 57.8 Å². The largest absolute Gasteiger partial charge is 0.481 e. The van der Waals surface area contributed by atoms with Crippen LogP contribution in [-0.4, -0.2) is 23.1 Å². The molecule has 0 saturated heterocycles. The maximum Gasteiger partial charge on any atom is 0.306 e. The molecule has 4 heteroatoms. The molecule has 0 rings (SSSR count). The summed E-state index contributed by atoms with van der Waals surface area (Å²) in [4.78, 5) is 23.3. The Morgan fingerprint density at radius 3 is 1.67 bits per heavy atom. The van der Waals surface area contributed by atoms with Crippen molar-refractivity contribution >= 4 is 11.9 Å². The van der Waals surface area contributed by atoms with E-state index in [-0.39, 0.29) is 18.5 Å². The van der Waals surface area contributed by atoms with Crippen LogP contribution in [0.4, 0.5) is 0 Å². The highest BCUT2D eigenvalue weighted by Crippen LogP contribution is 2.14. The van der Waals surface area contributed by atoms with Gasteiger partial charge in [-0.25, -0.2) is 0 Å². The standard InChI is InChI=1S/C38H64O4/c1-3-5-7-9-11-13-15-16-17-18-20-22-24-26-31-35-38(41)42-36(33-29-27-30-34-37(39)40)32-28-25-23-21-19-14-12-10-8-6-4-2/h6,8,12,14,16-17,21,23,28,32,36H,3-5,7,9-11,13,15,18-20,22,24-27,29-31,33-35H2,1-2H3,(H,39,40)/b8-6-,14-12-,17-16-,23-21-,32-28-. The summed E-state index contributed by atoms with van der Waals surface area (Å²) in [6.45, 7) is 4.40. The van der Waals surface area contributed by atoms with Gasteiger partial charge in [0.2, 0.25) is 0 Å². The number of hydrogen-bond donors (Lipinski definition) is 1. The van der Waals surface area contributed by atoms with E-state index >= 15 is 0 Å². The zero-order chi connectivity index (χ0) is 30.8. The third-order valence-electron chi connectivity index (χ3n) is 7.21. The highest BCUT2D eigenvalue weighted by atomic mass is 16.5. The second-order valence-corrected chi connectivity index (χ2v) is 11.3. The first kappa shape index (κ1) is 39.6. The number of carbonyl (C=O) groups excluding carboxylic acids is 1. The number of rotatable bonds is 30. The van der Waals surface area contributed by atoms with Crippen molar-refractivity contribution in [1.29, 1.82) is 0 Å². The van der Waals surface area contributed by atoms with Gasteiger partial charge in [-0.15, -0.1) is 0 Å². The number of hydrogen-bond acceptors (Lipinski definition) is 3. The molecule has 0 aliphatic heterocycles. The van der Waals surface area contributed by atoms with Crippen molar-refractivity contribution in [3.63, 3.8) is 0 Å². The Hall–Kier alpha value is -2.36. The number of unbranched alkanes of at least 4 members (excludes halogenated alkanes) is 13. The molecule has 1 unspecified atom stereocenters. The average molecular weight is 585 g/mol. The van der Waals surface area contributed by atoms with E-state index in [1.807, 2.05) is 6.08 Å². The van der Waals surface area contributed by atoms with Crippen molar-refractivity contribution in [2.75, 3.05) is 0 Å². The SMILES string of the molecule is CC/C=C\C/C=C\C/C=C\C/C=C\C(CCCCCC(=O)O)OC(=O)CCCCCCC/C=C\CCCCCCCC. The van der Waals surface area contributed by atoms with Gasteiger partial charge >= 0.3 is 11.9 Å². The van der Waals surface area contributed by atoms with E-state index in [0.29, 0.717) is 12.8 Å². The summed E-state index contributed by atoms with van der Waals surface area (Å²) in [7, 11) is 0. The molecular formula is C38H64O4. The number of allylic oxidation sites excluding steroid dienone is 9. The van der Waals surface area contributed by atoms with E-state index in [1.165, 1.54) is 70.6 Å². The molecule has 1 atom stereocenters. The molecule has 0 fully saturated rings. The Bertz CT molecular complexity index is 759. The summed E-state index contributed by atoms with van der Waals surface area (Å²) in [6, 6.07) is 0. The number of carboxylic acids is 1. The van der Waals surface area contributed by atoms with Crippen LogP contribution in [0.25, 0.3) is 0 Å². The molecule has 0 amide bonds. The van der Waals surface area contributed by atoms with Crippen LogP contribution in [0.2, 0.25) is 0 Å². The van der Waals surface area contributed by atoms with Gasteiger partial charge < -0.3 is 9.84 Å². The molecular weight excluding hydrogens is 520 g/mol. The molecule has 0 heterocycles. The number of carboxylic acid groups (broad SMARTS) is 1. The highest BCUT2D eigenvalue weighted by molar-refractivity contribution is 5.69. The fourth-order valence-electron chi connectivity index (χ4n) is 4.67. The Labute approximate surface area is 259 Å². The molecule has 42 heavy (non-hydrogen) atoms. The summed E-state index contributed by atoms with van der Waals surface area (Å²) in [5.74, 6) is -0.873. The Balaban J connectivity index is 4.15. The van der Waals surface area contributed by atoms with Crippen LogP contribution in [0.3, 0.4) is 0 Å². The number of esters is 1. The van der Waals surface area contributed by atoms with E-state index in [4.69, 9.17) is 9.84 Å². The van der Waals surface area contributed by atoms with Crippen molar-refractivity contribution in [3.8, 4) is 0 Å². The Kier molecular flexibility index (Phi) is 31.3. The quantitative estimate of drug-likeness (QED) is 0.0518. The van der Waals surface area contributed by atoms with Gasteiger partial charge in [-0.3, -0.25) is 9.59 Å². The van der Waals surface area contributed by atoms with Crippen molar-refractivity contribution in [2.45, 2.75) is 168 Å². The summed E-state index contributed by atoms with van der Waals surface area (Å²) in [6.07, 6.45) is 45.2. The Morgan fingerprint density at radius 2 is 1.07 bits per heavy atom. The third kappa shape index (κ3) is 32.2. The fraction of sp³-hybridized carbons (Fsp3) is 0.684. The average Bonchev–Trinajstić information content (AvgIpc) is 2.97. The van der Waals surface area contributed by atoms with E-state index in [1.54, 1.807) is 0 Å². The first-order chi connectivity index (χ1) is 20.6. The van der Waals surface area contributed by atoms with Gasteiger partial charge in [0.15, 0.2) is 0 Å². The minimum Gasteiger partial charge on any atom is -0.481 e. The second kappa shape index (κ2) is 33.1. The van der Waals surface area contributed by atoms with Crippen LogP contribution in [0.1, 0.15) is 162 Å². The van der Waals surface area contributed by atoms with Crippen molar-refractivity contribution < 1.29 is 19.4 Å². The van der Waals surface area contributed by atoms with Crippen LogP contribution < -0.4 is 0 Å². The van der Waals surface area contributed by atoms with Gasteiger partial charge in [0.25, 0.3) is 0 Å². The molecule has 0 radical (unpaired) electrons. The Morgan fingerprint density at radius 1 is 0.571 bits per heavy atom. The maximum absolute atomic E-state index is 12.5. The first-order valence-corrected chi connectivity index (χ1v) is 17.3. The summed E-state index contributed by atoms with van der Waals surface area (Å²) in [5.41, 5.74) is 0. The van der Waals surface area contributed by atoms with E-state index < -0.39 is 5.97 Å². The monoisotopic (exact) mass is 584 g/mol. The molecule has 0 aliphatic rings. The zero-order valence-corrected chi connectivity index (χ0v) is 27.3. The molecule has 4 nitrogen and oxygen atoms in total. The lowest BCUT2D eigenvalue weighted by atomic mass is 10.1. The second-order valence-electron chi connectivity index (χ2n) is 11.3.